The number of thioether (sulfide) groups is 1. The molecule has 1 fully saturated rings. The molecule has 2 aromatic rings. The van der Waals surface area contributed by atoms with Crippen LogP contribution in [0.4, 0.5) is 0 Å². The Hall–Kier alpha value is -1.48. The fourth-order valence-electron chi connectivity index (χ4n) is 4.19. The van der Waals surface area contributed by atoms with E-state index in [0.29, 0.717) is 5.92 Å². The van der Waals surface area contributed by atoms with Crippen molar-refractivity contribution < 1.29 is 4.79 Å². The summed E-state index contributed by atoms with van der Waals surface area (Å²) in [6.45, 7) is 3.03. The standard InChI is InChI=1S/C25H35NOS/c1-2-3-17-28-23-15-14-22-12-7-11-21(24(22)19-23)13-8-16-26-25(27)18-20-9-5-4-6-10-20/h7,11-12,14-15,19-20H,2-6,8-10,13,16-18H2,1H3,(H,26,27). The van der Waals surface area contributed by atoms with Crippen LogP contribution in [-0.4, -0.2) is 18.2 Å². The highest BCUT2D eigenvalue weighted by Crippen LogP contribution is 2.28. The van der Waals surface area contributed by atoms with Crippen molar-refractivity contribution in [2.24, 2.45) is 5.92 Å². The van der Waals surface area contributed by atoms with Gasteiger partial charge in [-0.2, -0.15) is 0 Å². The van der Waals surface area contributed by atoms with Gasteiger partial charge in [-0.1, -0.05) is 56.9 Å². The predicted molar refractivity (Wildman–Crippen MR) is 122 cm³/mol. The van der Waals surface area contributed by atoms with Gasteiger partial charge in [-0.15, -0.1) is 11.8 Å². The molecule has 3 rings (SSSR count). The van der Waals surface area contributed by atoms with Crippen molar-refractivity contribution >= 4 is 28.4 Å². The normalized spacial score (nSPS) is 15.0. The number of amides is 1. The van der Waals surface area contributed by atoms with E-state index < -0.39 is 0 Å². The molecular weight excluding hydrogens is 362 g/mol. The highest BCUT2D eigenvalue weighted by atomic mass is 32.2. The summed E-state index contributed by atoms with van der Waals surface area (Å²) >= 11 is 1.96. The molecule has 0 unspecified atom stereocenters. The zero-order chi connectivity index (χ0) is 19.6. The lowest BCUT2D eigenvalue weighted by Crippen LogP contribution is -2.27. The van der Waals surface area contributed by atoms with Crippen molar-refractivity contribution in [3.63, 3.8) is 0 Å². The maximum absolute atomic E-state index is 12.2. The molecule has 0 aliphatic heterocycles. The number of hydrogen-bond acceptors (Lipinski definition) is 2. The molecule has 0 atom stereocenters. The van der Waals surface area contributed by atoms with Crippen LogP contribution in [0.3, 0.4) is 0 Å². The minimum atomic E-state index is 0.249. The molecule has 1 aliphatic rings. The number of aryl methyl sites for hydroxylation is 1. The summed E-state index contributed by atoms with van der Waals surface area (Å²) in [4.78, 5) is 13.6. The molecule has 0 bridgehead atoms. The number of hydrogen-bond donors (Lipinski definition) is 1. The quantitative estimate of drug-likeness (QED) is 0.355. The molecule has 28 heavy (non-hydrogen) atoms. The smallest absolute Gasteiger partial charge is 0.220 e. The number of nitrogens with one attached hydrogen (secondary N) is 1. The van der Waals surface area contributed by atoms with E-state index in [1.54, 1.807) is 0 Å². The topological polar surface area (TPSA) is 29.1 Å². The van der Waals surface area contributed by atoms with E-state index in [1.165, 1.54) is 71.9 Å². The van der Waals surface area contributed by atoms with Gasteiger partial charge in [0.05, 0.1) is 0 Å². The van der Waals surface area contributed by atoms with Gasteiger partial charge in [0.15, 0.2) is 0 Å². The molecule has 1 amide bonds. The van der Waals surface area contributed by atoms with Gasteiger partial charge in [0.25, 0.3) is 0 Å². The molecule has 1 saturated carbocycles. The van der Waals surface area contributed by atoms with Crippen LogP contribution in [-0.2, 0) is 11.2 Å². The average Bonchev–Trinajstić information content (AvgIpc) is 2.72. The SMILES string of the molecule is CCCCSc1ccc2cccc(CCCNC(=O)CC3CCCCC3)c2c1. The Balaban J connectivity index is 1.49. The molecule has 0 aromatic heterocycles. The number of unbranched alkanes of at least 4 members (excludes halogenated alkanes) is 1. The van der Waals surface area contributed by atoms with Gasteiger partial charge in [0.2, 0.25) is 5.91 Å². The molecule has 152 valence electrons. The van der Waals surface area contributed by atoms with Gasteiger partial charge in [-0.25, -0.2) is 0 Å². The Kier molecular flexibility index (Phi) is 8.72. The van der Waals surface area contributed by atoms with Crippen LogP contribution >= 0.6 is 11.8 Å². The molecule has 1 N–H and O–H groups in total. The first kappa shape index (κ1) is 21.2. The van der Waals surface area contributed by atoms with Crippen LogP contribution in [0, 0.1) is 5.92 Å². The zero-order valence-electron chi connectivity index (χ0n) is 17.3. The Morgan fingerprint density at radius 2 is 1.96 bits per heavy atom. The fraction of sp³-hybridized carbons (Fsp3) is 0.560. The van der Waals surface area contributed by atoms with Crippen LogP contribution in [0.5, 0.6) is 0 Å². The van der Waals surface area contributed by atoms with Crippen LogP contribution in [0.15, 0.2) is 41.3 Å². The van der Waals surface area contributed by atoms with Crippen LogP contribution in [0.25, 0.3) is 10.8 Å². The van der Waals surface area contributed by atoms with Crippen molar-refractivity contribution in [3.05, 3.63) is 42.0 Å². The lowest BCUT2D eigenvalue weighted by Gasteiger charge is -2.20. The fourth-order valence-corrected chi connectivity index (χ4v) is 5.23. The molecule has 0 spiro atoms. The Labute approximate surface area is 174 Å². The van der Waals surface area contributed by atoms with Gasteiger partial charge >= 0.3 is 0 Å². The van der Waals surface area contributed by atoms with Gasteiger partial charge in [0, 0.05) is 17.9 Å². The second-order valence-electron chi connectivity index (χ2n) is 8.16. The van der Waals surface area contributed by atoms with Gasteiger partial charge in [-0.05, 0) is 72.2 Å². The summed E-state index contributed by atoms with van der Waals surface area (Å²) in [6, 6.07) is 13.4. The Bertz CT molecular complexity index is 751. The maximum atomic E-state index is 12.2. The average molecular weight is 398 g/mol. The summed E-state index contributed by atoms with van der Waals surface area (Å²) in [7, 11) is 0. The molecule has 0 saturated heterocycles. The van der Waals surface area contributed by atoms with Gasteiger partial charge in [-0.3, -0.25) is 4.79 Å². The third-order valence-electron chi connectivity index (χ3n) is 5.85. The highest BCUT2D eigenvalue weighted by molar-refractivity contribution is 7.99. The first-order valence-electron chi connectivity index (χ1n) is 11.2. The van der Waals surface area contributed by atoms with E-state index >= 15 is 0 Å². The van der Waals surface area contributed by atoms with Gasteiger partial charge in [0.1, 0.15) is 0 Å². The second kappa shape index (κ2) is 11.5. The van der Waals surface area contributed by atoms with Crippen molar-refractivity contribution in [1.82, 2.24) is 5.32 Å². The highest BCUT2D eigenvalue weighted by Gasteiger charge is 2.16. The van der Waals surface area contributed by atoms with E-state index in [1.807, 2.05) is 11.8 Å². The minimum Gasteiger partial charge on any atom is -0.356 e. The number of carbonyl (C=O) groups excluding carboxylic acids is 1. The number of rotatable bonds is 10. The molecule has 0 radical (unpaired) electrons. The Morgan fingerprint density at radius 3 is 2.79 bits per heavy atom. The van der Waals surface area contributed by atoms with E-state index in [2.05, 4.69) is 48.6 Å². The summed E-state index contributed by atoms with van der Waals surface area (Å²) in [5, 5.41) is 5.84. The van der Waals surface area contributed by atoms with Gasteiger partial charge < -0.3 is 5.32 Å². The molecule has 3 heteroatoms. The van der Waals surface area contributed by atoms with E-state index in [4.69, 9.17) is 0 Å². The molecular formula is C25H35NOS. The second-order valence-corrected chi connectivity index (χ2v) is 9.33. The number of carbonyl (C=O) groups is 1. The zero-order valence-corrected chi connectivity index (χ0v) is 18.2. The summed E-state index contributed by atoms with van der Waals surface area (Å²) in [5.74, 6) is 2.06. The Morgan fingerprint density at radius 1 is 1.11 bits per heavy atom. The predicted octanol–water partition coefficient (Wildman–Crippen LogP) is 6.75. The first-order chi connectivity index (χ1) is 13.8. The number of fused-ring (bicyclic) bond motifs is 1. The molecule has 1 aliphatic carbocycles. The first-order valence-corrected chi connectivity index (χ1v) is 12.2. The van der Waals surface area contributed by atoms with E-state index in [0.717, 1.165) is 25.8 Å². The summed E-state index contributed by atoms with van der Waals surface area (Å²) < 4.78 is 0. The van der Waals surface area contributed by atoms with Crippen LogP contribution in [0.1, 0.15) is 70.3 Å². The summed E-state index contributed by atoms with van der Waals surface area (Å²) in [6.07, 6.45) is 11.7. The van der Waals surface area contributed by atoms with E-state index in [9.17, 15) is 4.79 Å². The van der Waals surface area contributed by atoms with Crippen molar-refractivity contribution in [1.29, 1.82) is 0 Å². The minimum absolute atomic E-state index is 0.249. The lowest BCUT2D eigenvalue weighted by molar-refractivity contribution is -0.122. The monoisotopic (exact) mass is 397 g/mol. The van der Waals surface area contributed by atoms with Crippen LogP contribution < -0.4 is 5.32 Å². The largest absolute Gasteiger partial charge is 0.356 e. The maximum Gasteiger partial charge on any atom is 0.220 e. The van der Waals surface area contributed by atoms with Crippen molar-refractivity contribution in [2.45, 2.75) is 76.0 Å². The molecule has 0 heterocycles. The van der Waals surface area contributed by atoms with E-state index in [-0.39, 0.29) is 5.91 Å². The summed E-state index contributed by atoms with van der Waals surface area (Å²) in [5.41, 5.74) is 1.40. The van der Waals surface area contributed by atoms with Crippen molar-refractivity contribution in [2.75, 3.05) is 12.3 Å². The number of benzene rings is 2. The van der Waals surface area contributed by atoms with Crippen molar-refractivity contribution in [3.8, 4) is 0 Å². The third-order valence-corrected chi connectivity index (χ3v) is 6.93. The van der Waals surface area contributed by atoms with Crippen LogP contribution in [0.2, 0.25) is 0 Å². The molecule has 2 aromatic carbocycles. The molecule has 2 nitrogen and oxygen atoms in total. The lowest BCUT2D eigenvalue weighted by atomic mass is 9.87. The third kappa shape index (κ3) is 6.55.